The summed E-state index contributed by atoms with van der Waals surface area (Å²) in [5.74, 6) is 6.07. The molecule has 0 radical (unpaired) electrons. The third kappa shape index (κ3) is 1.99. The highest BCUT2D eigenvalue weighted by atomic mass is 35.5. The fraction of sp³-hybridized carbons (Fsp3) is 1.00. The van der Waals surface area contributed by atoms with Gasteiger partial charge in [0.25, 0.3) is 0 Å². The van der Waals surface area contributed by atoms with Crippen LogP contribution in [-0.2, 0) is 0 Å². The van der Waals surface area contributed by atoms with E-state index in [1.54, 1.807) is 0 Å². The van der Waals surface area contributed by atoms with E-state index in [1.165, 1.54) is 12.8 Å². The van der Waals surface area contributed by atoms with Crippen molar-refractivity contribution in [2.75, 3.05) is 0 Å². The van der Waals surface area contributed by atoms with E-state index in [1.807, 2.05) is 0 Å². The van der Waals surface area contributed by atoms with Crippen molar-refractivity contribution in [3.63, 3.8) is 0 Å². The van der Waals surface area contributed by atoms with Gasteiger partial charge in [-0.25, -0.2) is 0 Å². The molecular weight excluding hydrogens is 171 g/mol. The number of hydrogen-bond acceptors (Lipinski definition) is 2. The first-order chi connectivity index (χ1) is 3.69. The van der Waals surface area contributed by atoms with Gasteiger partial charge in [0.1, 0.15) is 0 Å². The van der Waals surface area contributed by atoms with Gasteiger partial charge in [0.05, 0.1) is 0 Å². The van der Waals surface area contributed by atoms with Crippen LogP contribution < -0.4 is 11.3 Å². The summed E-state index contributed by atoms with van der Waals surface area (Å²) < 4.78 is 0. The summed E-state index contributed by atoms with van der Waals surface area (Å²) in [5.41, 5.74) is 3.08. The van der Waals surface area contributed by atoms with E-state index < -0.39 is 0 Å². The van der Waals surface area contributed by atoms with Crippen LogP contribution in [-0.4, -0.2) is 5.54 Å². The molecule has 0 saturated heterocycles. The minimum Gasteiger partial charge on any atom is -0.271 e. The Morgan fingerprint density at radius 1 is 1.50 bits per heavy atom. The predicted molar refractivity (Wildman–Crippen MR) is 48.6 cm³/mol. The normalized spacial score (nSPS) is 36.9. The first-order valence-electron chi connectivity index (χ1n) is 3.17. The monoisotopic (exact) mass is 186 g/mol. The maximum Gasteiger partial charge on any atom is 0.0318 e. The predicted octanol–water partition coefficient (Wildman–Crippen LogP) is 1.48. The van der Waals surface area contributed by atoms with Gasteiger partial charge in [-0.2, -0.15) is 0 Å². The van der Waals surface area contributed by atoms with E-state index in [2.05, 4.69) is 19.3 Å². The van der Waals surface area contributed by atoms with Crippen LogP contribution in [0.3, 0.4) is 0 Å². The van der Waals surface area contributed by atoms with Gasteiger partial charge in [-0.1, -0.05) is 6.92 Å². The van der Waals surface area contributed by atoms with Gasteiger partial charge in [-0.15, -0.1) is 24.8 Å². The summed E-state index contributed by atoms with van der Waals surface area (Å²) in [6.07, 6.45) is 2.55. The van der Waals surface area contributed by atoms with Gasteiger partial charge in [0.2, 0.25) is 0 Å². The summed E-state index contributed by atoms with van der Waals surface area (Å²) in [5, 5.41) is 0. The second-order valence-electron chi connectivity index (χ2n) is 3.00. The molecule has 64 valence electrons. The molecule has 0 amide bonds. The Bertz CT molecular complexity index is 95.7. The molecule has 0 aromatic rings. The Kier molecular flexibility index (Phi) is 5.76. The first-order valence-corrected chi connectivity index (χ1v) is 3.17. The fourth-order valence-electron chi connectivity index (χ4n) is 1.08. The average Bonchev–Trinajstić information content (AvgIpc) is 1.83. The number of rotatable bonds is 1. The van der Waals surface area contributed by atoms with Crippen LogP contribution in [0.15, 0.2) is 0 Å². The molecule has 3 N–H and O–H groups in total. The van der Waals surface area contributed by atoms with E-state index in [0.717, 1.165) is 5.92 Å². The van der Waals surface area contributed by atoms with Crippen molar-refractivity contribution in [3.8, 4) is 0 Å². The average molecular weight is 187 g/mol. The fourth-order valence-corrected chi connectivity index (χ4v) is 1.08. The molecule has 1 rings (SSSR count). The van der Waals surface area contributed by atoms with E-state index in [9.17, 15) is 0 Å². The molecule has 0 heterocycles. The molecule has 1 fully saturated rings. The zero-order chi connectivity index (χ0) is 6.20. The quantitative estimate of drug-likeness (QED) is 0.482. The highest BCUT2D eigenvalue weighted by molar-refractivity contribution is 5.85. The standard InChI is InChI=1S/C6H14N2.2ClH/c1-5-3-4-6(5,2)8-7;;/h5,8H,3-4,7H2,1-2H3;2*1H. The molecular formula is C6H16Cl2N2. The highest BCUT2D eigenvalue weighted by Gasteiger charge is 2.38. The molecule has 4 heteroatoms. The maximum absolute atomic E-state index is 5.31. The van der Waals surface area contributed by atoms with Crippen LogP contribution in [0, 0.1) is 5.92 Å². The van der Waals surface area contributed by atoms with Crippen LogP contribution >= 0.6 is 24.8 Å². The summed E-state index contributed by atoms with van der Waals surface area (Å²) in [6.45, 7) is 4.39. The summed E-state index contributed by atoms with van der Waals surface area (Å²) in [4.78, 5) is 0. The molecule has 2 unspecified atom stereocenters. The first kappa shape index (κ1) is 13.1. The molecule has 1 saturated carbocycles. The minimum absolute atomic E-state index is 0. The molecule has 2 atom stereocenters. The molecule has 1 aliphatic rings. The number of hydrogen-bond donors (Lipinski definition) is 2. The number of nitrogens with two attached hydrogens (primary N) is 1. The van der Waals surface area contributed by atoms with Crippen LogP contribution in [0.5, 0.6) is 0 Å². The van der Waals surface area contributed by atoms with Crippen molar-refractivity contribution in [3.05, 3.63) is 0 Å². The van der Waals surface area contributed by atoms with Crippen molar-refractivity contribution < 1.29 is 0 Å². The second-order valence-corrected chi connectivity index (χ2v) is 3.00. The van der Waals surface area contributed by atoms with E-state index >= 15 is 0 Å². The van der Waals surface area contributed by atoms with Crippen molar-refractivity contribution in [1.29, 1.82) is 0 Å². The molecule has 1 aliphatic carbocycles. The molecule has 0 aromatic carbocycles. The smallest absolute Gasteiger partial charge is 0.0318 e. The summed E-state index contributed by atoms with van der Waals surface area (Å²) in [7, 11) is 0. The van der Waals surface area contributed by atoms with Gasteiger partial charge in [-0.3, -0.25) is 11.3 Å². The second kappa shape index (κ2) is 4.39. The SMILES string of the molecule is CC1CCC1(C)NN.Cl.Cl. The lowest BCUT2D eigenvalue weighted by Gasteiger charge is -2.44. The lowest BCUT2D eigenvalue weighted by atomic mass is 9.69. The largest absolute Gasteiger partial charge is 0.271 e. The molecule has 0 bridgehead atoms. The van der Waals surface area contributed by atoms with E-state index in [0.29, 0.717) is 0 Å². The molecule has 0 aromatic heterocycles. The Morgan fingerprint density at radius 2 is 2.00 bits per heavy atom. The third-order valence-electron chi connectivity index (χ3n) is 2.51. The zero-order valence-electron chi connectivity index (χ0n) is 6.39. The highest BCUT2D eigenvalue weighted by Crippen LogP contribution is 2.36. The summed E-state index contributed by atoms with van der Waals surface area (Å²) in [6, 6.07) is 0. The van der Waals surface area contributed by atoms with Crippen molar-refractivity contribution >= 4 is 24.8 Å². The Morgan fingerprint density at radius 3 is 2.00 bits per heavy atom. The molecule has 0 spiro atoms. The van der Waals surface area contributed by atoms with Crippen LogP contribution in [0.4, 0.5) is 0 Å². The Balaban J connectivity index is 0. The number of hydrazine groups is 1. The lowest BCUT2D eigenvalue weighted by Crippen LogP contribution is -2.57. The van der Waals surface area contributed by atoms with Crippen molar-refractivity contribution in [2.24, 2.45) is 11.8 Å². The molecule has 2 nitrogen and oxygen atoms in total. The van der Waals surface area contributed by atoms with Gasteiger partial charge in [-0.05, 0) is 25.7 Å². The Hall–Kier alpha value is 0.500. The van der Waals surface area contributed by atoms with Crippen LogP contribution in [0.25, 0.3) is 0 Å². The molecule has 10 heavy (non-hydrogen) atoms. The number of halogens is 2. The van der Waals surface area contributed by atoms with Crippen LogP contribution in [0.2, 0.25) is 0 Å². The summed E-state index contributed by atoms with van der Waals surface area (Å²) >= 11 is 0. The van der Waals surface area contributed by atoms with Gasteiger partial charge < -0.3 is 0 Å². The third-order valence-corrected chi connectivity index (χ3v) is 2.51. The zero-order valence-corrected chi connectivity index (χ0v) is 8.02. The maximum atomic E-state index is 5.31. The van der Waals surface area contributed by atoms with Gasteiger partial charge >= 0.3 is 0 Å². The van der Waals surface area contributed by atoms with Crippen molar-refractivity contribution in [2.45, 2.75) is 32.2 Å². The lowest BCUT2D eigenvalue weighted by molar-refractivity contribution is 0.118. The Labute approximate surface area is 74.7 Å². The van der Waals surface area contributed by atoms with E-state index in [4.69, 9.17) is 5.84 Å². The van der Waals surface area contributed by atoms with Gasteiger partial charge in [0.15, 0.2) is 0 Å². The number of nitrogens with one attached hydrogen (secondary N) is 1. The minimum atomic E-state index is 0. The van der Waals surface area contributed by atoms with Crippen molar-refractivity contribution in [1.82, 2.24) is 5.43 Å². The topological polar surface area (TPSA) is 38.0 Å². The van der Waals surface area contributed by atoms with Gasteiger partial charge in [0, 0.05) is 5.54 Å². The van der Waals surface area contributed by atoms with E-state index in [-0.39, 0.29) is 30.4 Å². The van der Waals surface area contributed by atoms with Crippen LogP contribution in [0.1, 0.15) is 26.7 Å². The molecule has 0 aliphatic heterocycles.